The van der Waals surface area contributed by atoms with E-state index in [2.05, 4.69) is 0 Å². The first-order valence-corrected chi connectivity index (χ1v) is 12.9. The summed E-state index contributed by atoms with van der Waals surface area (Å²) in [5.41, 5.74) is 2.68. The van der Waals surface area contributed by atoms with E-state index in [0.29, 0.717) is 10.8 Å². The lowest BCUT2D eigenvalue weighted by Gasteiger charge is -2.23. The van der Waals surface area contributed by atoms with Crippen LogP contribution in [0.3, 0.4) is 0 Å². The van der Waals surface area contributed by atoms with Crippen LogP contribution >= 0.6 is 23.4 Å². The van der Waals surface area contributed by atoms with Crippen LogP contribution in [-0.4, -0.2) is 37.3 Å². The van der Waals surface area contributed by atoms with Gasteiger partial charge in [0.1, 0.15) is 11.3 Å². The Hall–Kier alpha value is -2.16. The van der Waals surface area contributed by atoms with Gasteiger partial charge in [0.15, 0.2) is 9.84 Å². The fourth-order valence-corrected chi connectivity index (χ4v) is 6.14. The topological polar surface area (TPSA) is 85.1 Å². The molecule has 1 N–H and O–H groups in total. The number of methoxy groups -OCH3 is 1. The van der Waals surface area contributed by atoms with Gasteiger partial charge in [0.25, 0.3) is 0 Å². The Kier molecular flexibility index (Phi) is 5.98. The molecule has 0 radical (unpaired) electrons. The lowest BCUT2D eigenvalue weighted by molar-refractivity contribution is -0.137. The highest BCUT2D eigenvalue weighted by atomic mass is 35.5. The first-order valence-electron chi connectivity index (χ1n) is 9.79. The predicted molar refractivity (Wildman–Crippen MR) is 121 cm³/mol. The number of rotatable bonds is 6. The van der Waals surface area contributed by atoms with Crippen molar-refractivity contribution in [1.82, 2.24) is 4.40 Å². The third kappa shape index (κ3) is 4.29. The maximum Gasteiger partial charge on any atom is 0.303 e. The number of carboxylic acid groups (broad SMARTS) is 1. The first-order chi connectivity index (χ1) is 14.7. The van der Waals surface area contributed by atoms with Crippen molar-refractivity contribution in [2.45, 2.75) is 46.3 Å². The number of sulfone groups is 1. The Balaban J connectivity index is 2.02. The first kappa shape index (κ1) is 22.0. The molecular formula is C22H22ClNO5S2. The maximum absolute atomic E-state index is 12.3. The van der Waals surface area contributed by atoms with Gasteiger partial charge in [-0.15, -0.1) is 0 Å². The monoisotopic (exact) mass is 479 g/mol. The van der Waals surface area contributed by atoms with Gasteiger partial charge in [0, 0.05) is 39.0 Å². The second kappa shape index (κ2) is 8.41. The molecule has 2 heterocycles. The van der Waals surface area contributed by atoms with Crippen LogP contribution in [0.5, 0.6) is 5.75 Å². The predicted octanol–water partition coefficient (Wildman–Crippen LogP) is 5.05. The molecule has 31 heavy (non-hydrogen) atoms. The molecule has 1 atom stereocenters. The number of fused-ring (bicyclic) bond motifs is 3. The molecule has 1 aliphatic carbocycles. The van der Waals surface area contributed by atoms with Crippen molar-refractivity contribution in [3.05, 3.63) is 52.8 Å². The summed E-state index contributed by atoms with van der Waals surface area (Å²) in [6.45, 7) is 0. The molecule has 2 aromatic heterocycles. The highest BCUT2D eigenvalue weighted by molar-refractivity contribution is 7.99. The third-order valence-electron chi connectivity index (χ3n) is 5.54. The van der Waals surface area contributed by atoms with Crippen molar-refractivity contribution >= 4 is 44.7 Å². The van der Waals surface area contributed by atoms with Crippen LogP contribution in [0.2, 0.25) is 5.02 Å². The molecule has 0 saturated carbocycles. The smallest absolute Gasteiger partial charge is 0.303 e. The normalized spacial score (nSPS) is 16.3. The van der Waals surface area contributed by atoms with Gasteiger partial charge in [0.2, 0.25) is 0 Å². The molecule has 0 bridgehead atoms. The van der Waals surface area contributed by atoms with E-state index in [-0.39, 0.29) is 17.2 Å². The number of aryl methyl sites for hydroxylation is 1. The highest BCUT2D eigenvalue weighted by Gasteiger charge is 2.32. The van der Waals surface area contributed by atoms with Crippen LogP contribution in [-0.2, 0) is 21.1 Å². The number of aliphatic carboxylic acids is 1. The Morgan fingerprint density at radius 2 is 2.03 bits per heavy atom. The summed E-state index contributed by atoms with van der Waals surface area (Å²) >= 11 is 7.56. The third-order valence-corrected chi connectivity index (χ3v) is 8.00. The van der Waals surface area contributed by atoms with E-state index in [1.807, 2.05) is 28.7 Å². The van der Waals surface area contributed by atoms with Crippen LogP contribution < -0.4 is 4.74 Å². The summed E-state index contributed by atoms with van der Waals surface area (Å²) in [4.78, 5) is 13.6. The van der Waals surface area contributed by atoms with Gasteiger partial charge < -0.3 is 14.2 Å². The highest BCUT2D eigenvalue weighted by Crippen LogP contribution is 2.48. The average Bonchev–Trinajstić information content (AvgIpc) is 3.03. The molecule has 9 heteroatoms. The molecule has 4 rings (SSSR count). The van der Waals surface area contributed by atoms with Gasteiger partial charge in [-0.3, -0.25) is 4.79 Å². The largest absolute Gasteiger partial charge is 0.494 e. The van der Waals surface area contributed by atoms with Gasteiger partial charge >= 0.3 is 5.97 Å². The Morgan fingerprint density at radius 3 is 2.65 bits per heavy atom. The molecule has 3 aromatic rings. The number of hydrogen-bond acceptors (Lipinski definition) is 5. The lowest BCUT2D eigenvalue weighted by atomic mass is 9.84. The van der Waals surface area contributed by atoms with Crippen molar-refractivity contribution in [3.8, 4) is 5.75 Å². The minimum absolute atomic E-state index is 0.0271. The summed E-state index contributed by atoms with van der Waals surface area (Å²) in [5.74, 6) is -0.551. The second-order valence-electron chi connectivity index (χ2n) is 7.67. The molecule has 1 aliphatic rings. The summed E-state index contributed by atoms with van der Waals surface area (Å²) < 4.78 is 32.1. The van der Waals surface area contributed by atoms with Crippen molar-refractivity contribution in [1.29, 1.82) is 0 Å². The number of nitrogens with zero attached hydrogens (tertiary/aromatic N) is 1. The number of carbonyl (C=O) groups is 1. The summed E-state index contributed by atoms with van der Waals surface area (Å²) in [7, 11) is -1.94. The van der Waals surface area contributed by atoms with Crippen LogP contribution in [0.1, 0.15) is 36.4 Å². The Morgan fingerprint density at radius 1 is 1.32 bits per heavy atom. The van der Waals surface area contributed by atoms with Crippen LogP contribution in [0.15, 0.2) is 51.2 Å². The zero-order valence-corrected chi connectivity index (χ0v) is 19.5. The fraction of sp³-hybridized carbons (Fsp3) is 0.318. The van der Waals surface area contributed by atoms with E-state index in [1.165, 1.54) is 31.2 Å². The van der Waals surface area contributed by atoms with Crippen molar-refractivity contribution in [3.63, 3.8) is 0 Å². The maximum atomic E-state index is 12.3. The molecule has 0 amide bonds. The van der Waals surface area contributed by atoms with E-state index >= 15 is 0 Å². The lowest BCUT2D eigenvalue weighted by Crippen LogP contribution is -2.14. The van der Waals surface area contributed by atoms with E-state index in [4.69, 9.17) is 16.3 Å². The van der Waals surface area contributed by atoms with Crippen LogP contribution in [0, 0.1) is 0 Å². The number of carboxylic acids is 1. The SMILES string of the molecule is COc1cc(S(C)(=O)=O)cn2c3c(c(Sc4ccc(Cl)cc4)c12)C(CC(=O)O)CCC3. The molecule has 6 nitrogen and oxygen atoms in total. The molecule has 164 valence electrons. The van der Waals surface area contributed by atoms with E-state index in [0.717, 1.165) is 45.8 Å². The van der Waals surface area contributed by atoms with Crippen LogP contribution in [0.25, 0.3) is 5.52 Å². The van der Waals surface area contributed by atoms with E-state index in [9.17, 15) is 18.3 Å². The standard InChI is InChI=1S/C22H22ClNO5S2/c1-29-18-11-16(31(2,27)28)12-24-17-5-3-4-13(10-19(25)26)20(17)22(21(18)24)30-15-8-6-14(23)7-9-15/h6-9,11-13H,3-5,10H2,1-2H3,(H,25,26). The van der Waals surface area contributed by atoms with Gasteiger partial charge in [0.05, 0.1) is 18.4 Å². The van der Waals surface area contributed by atoms with Gasteiger partial charge in [-0.1, -0.05) is 23.4 Å². The van der Waals surface area contributed by atoms with Crippen molar-refractivity contribution in [2.75, 3.05) is 13.4 Å². The quantitative estimate of drug-likeness (QED) is 0.532. The number of aromatic nitrogens is 1. The molecule has 0 fully saturated rings. The summed E-state index contributed by atoms with van der Waals surface area (Å²) in [6, 6.07) is 8.98. The van der Waals surface area contributed by atoms with E-state index < -0.39 is 15.8 Å². The summed E-state index contributed by atoms with van der Waals surface area (Å²) in [6.07, 6.45) is 5.17. The van der Waals surface area contributed by atoms with Gasteiger partial charge in [-0.25, -0.2) is 8.42 Å². The number of pyridine rings is 1. The molecular weight excluding hydrogens is 458 g/mol. The average molecular weight is 480 g/mol. The minimum Gasteiger partial charge on any atom is -0.494 e. The Bertz CT molecular complexity index is 1270. The number of halogens is 1. The molecule has 1 unspecified atom stereocenters. The Labute approximate surface area is 190 Å². The molecule has 0 saturated heterocycles. The zero-order valence-electron chi connectivity index (χ0n) is 17.1. The van der Waals surface area contributed by atoms with Gasteiger partial charge in [-0.05, 0) is 55.0 Å². The molecule has 0 spiro atoms. The molecule has 1 aromatic carbocycles. The second-order valence-corrected chi connectivity index (χ2v) is 11.2. The number of benzene rings is 1. The zero-order chi connectivity index (χ0) is 22.3. The van der Waals surface area contributed by atoms with E-state index in [1.54, 1.807) is 6.20 Å². The van der Waals surface area contributed by atoms with Gasteiger partial charge in [-0.2, -0.15) is 0 Å². The minimum atomic E-state index is -3.46. The van der Waals surface area contributed by atoms with Crippen molar-refractivity contribution in [2.24, 2.45) is 0 Å². The van der Waals surface area contributed by atoms with Crippen molar-refractivity contribution < 1.29 is 23.1 Å². The fourth-order valence-electron chi connectivity index (χ4n) is 4.20. The summed E-state index contributed by atoms with van der Waals surface area (Å²) in [5, 5.41) is 10.1. The number of hydrogen-bond donors (Lipinski definition) is 1. The molecule has 0 aliphatic heterocycles. The van der Waals surface area contributed by atoms with Crippen LogP contribution in [0.4, 0.5) is 0 Å². The number of ether oxygens (including phenoxy) is 1.